The van der Waals surface area contributed by atoms with Gasteiger partial charge in [-0.15, -0.1) is 0 Å². The van der Waals surface area contributed by atoms with Gasteiger partial charge in [0.2, 0.25) is 0 Å². The molecule has 0 saturated carbocycles. The number of H-pyrrole nitrogens is 1. The highest BCUT2D eigenvalue weighted by atomic mass is 79.9. The third-order valence-corrected chi connectivity index (χ3v) is 3.37. The Kier molecular flexibility index (Phi) is 5.62. The lowest BCUT2D eigenvalue weighted by Gasteiger charge is -2.03. The lowest BCUT2D eigenvalue weighted by Crippen LogP contribution is -2.17. The standard InChI is InChI=1S/C12H10BrN5O.C2H6S/c13-8-3-1-7(2-4-8)5-18-11-9(17-12(18)19)10(14)15-6-16-11;1-2-3/h1-4,6H,5H2,(H,17,19)(H2,14,15,16);3H,2H2,1H3. The van der Waals surface area contributed by atoms with Crippen LogP contribution in [0.3, 0.4) is 0 Å². The van der Waals surface area contributed by atoms with E-state index in [2.05, 4.69) is 43.5 Å². The summed E-state index contributed by atoms with van der Waals surface area (Å²) in [5, 5.41) is 0. The Morgan fingerprint density at radius 3 is 2.59 bits per heavy atom. The quantitative estimate of drug-likeness (QED) is 0.594. The van der Waals surface area contributed by atoms with Crippen LogP contribution in [0.2, 0.25) is 0 Å². The van der Waals surface area contributed by atoms with E-state index in [1.54, 1.807) is 0 Å². The molecule has 0 amide bonds. The van der Waals surface area contributed by atoms with E-state index in [-0.39, 0.29) is 11.5 Å². The van der Waals surface area contributed by atoms with Crippen LogP contribution in [0.15, 0.2) is 39.9 Å². The predicted molar refractivity (Wildman–Crippen MR) is 95.3 cm³/mol. The summed E-state index contributed by atoms with van der Waals surface area (Å²) in [4.78, 5) is 22.6. The van der Waals surface area contributed by atoms with E-state index in [4.69, 9.17) is 5.73 Å². The van der Waals surface area contributed by atoms with Crippen molar-refractivity contribution in [2.75, 3.05) is 11.5 Å². The van der Waals surface area contributed by atoms with Crippen molar-refractivity contribution in [3.05, 3.63) is 51.1 Å². The number of hydrogen-bond donors (Lipinski definition) is 3. The fraction of sp³-hybridized carbons (Fsp3) is 0.214. The van der Waals surface area contributed by atoms with Crippen molar-refractivity contribution in [3.63, 3.8) is 0 Å². The summed E-state index contributed by atoms with van der Waals surface area (Å²) < 4.78 is 2.53. The van der Waals surface area contributed by atoms with Gasteiger partial charge in [0, 0.05) is 4.47 Å². The number of hydrogen-bond acceptors (Lipinski definition) is 5. The summed E-state index contributed by atoms with van der Waals surface area (Å²) in [6, 6.07) is 7.75. The van der Waals surface area contributed by atoms with E-state index in [1.807, 2.05) is 31.2 Å². The molecule has 0 bridgehead atoms. The highest BCUT2D eigenvalue weighted by Gasteiger charge is 2.11. The number of thiol groups is 1. The lowest BCUT2D eigenvalue weighted by atomic mass is 10.2. The summed E-state index contributed by atoms with van der Waals surface area (Å²) in [7, 11) is 0. The number of fused-ring (bicyclic) bond motifs is 1. The second-order valence-electron chi connectivity index (χ2n) is 4.42. The molecule has 0 fully saturated rings. The highest BCUT2D eigenvalue weighted by Crippen LogP contribution is 2.15. The fourth-order valence-corrected chi connectivity index (χ4v) is 2.17. The Morgan fingerprint density at radius 2 is 1.95 bits per heavy atom. The number of rotatable bonds is 2. The molecule has 3 aromatic rings. The Hall–Kier alpha value is -1.80. The zero-order valence-electron chi connectivity index (χ0n) is 12.0. The molecule has 0 saturated heterocycles. The molecule has 0 aliphatic rings. The molecular formula is C14H16BrN5OS. The average Bonchev–Trinajstić information content (AvgIpc) is 2.80. The van der Waals surface area contributed by atoms with Crippen molar-refractivity contribution in [3.8, 4) is 0 Å². The second kappa shape index (κ2) is 7.46. The van der Waals surface area contributed by atoms with Gasteiger partial charge in [-0.1, -0.05) is 35.0 Å². The van der Waals surface area contributed by atoms with Crippen molar-refractivity contribution in [1.82, 2.24) is 19.5 Å². The monoisotopic (exact) mass is 381 g/mol. The van der Waals surface area contributed by atoms with Crippen LogP contribution in [0, 0.1) is 0 Å². The van der Waals surface area contributed by atoms with E-state index in [0.29, 0.717) is 17.7 Å². The zero-order valence-corrected chi connectivity index (χ0v) is 14.4. The molecule has 1 aromatic carbocycles. The minimum Gasteiger partial charge on any atom is -0.382 e. The normalized spacial score (nSPS) is 10.3. The number of nitrogens with zero attached hydrogens (tertiary/aromatic N) is 3. The second-order valence-corrected chi connectivity index (χ2v) is 5.96. The molecule has 2 heterocycles. The van der Waals surface area contributed by atoms with Crippen LogP contribution in [0.1, 0.15) is 12.5 Å². The molecule has 0 unspecified atom stereocenters. The van der Waals surface area contributed by atoms with Crippen molar-refractivity contribution >= 4 is 45.5 Å². The third kappa shape index (κ3) is 3.69. The summed E-state index contributed by atoms with van der Waals surface area (Å²) in [5.41, 5.74) is 7.46. The first-order chi connectivity index (χ1) is 10.6. The molecular weight excluding hydrogens is 366 g/mol. The Bertz CT molecular complexity index is 812. The van der Waals surface area contributed by atoms with E-state index in [1.165, 1.54) is 10.9 Å². The van der Waals surface area contributed by atoms with Crippen LogP contribution in [0.25, 0.3) is 11.2 Å². The molecule has 22 heavy (non-hydrogen) atoms. The van der Waals surface area contributed by atoms with Crippen molar-refractivity contribution in [2.24, 2.45) is 0 Å². The fourth-order valence-electron chi connectivity index (χ4n) is 1.90. The number of aromatic amines is 1. The maximum atomic E-state index is 11.9. The molecule has 3 N–H and O–H groups in total. The van der Waals surface area contributed by atoms with Gasteiger partial charge < -0.3 is 10.7 Å². The number of anilines is 1. The van der Waals surface area contributed by atoms with Gasteiger partial charge in [0.15, 0.2) is 11.5 Å². The summed E-state index contributed by atoms with van der Waals surface area (Å²) in [6.45, 7) is 2.42. The van der Waals surface area contributed by atoms with Crippen LogP contribution in [0.4, 0.5) is 5.82 Å². The van der Waals surface area contributed by atoms with Crippen LogP contribution >= 0.6 is 28.6 Å². The van der Waals surface area contributed by atoms with Crippen LogP contribution < -0.4 is 11.4 Å². The van der Waals surface area contributed by atoms with Crippen LogP contribution in [-0.2, 0) is 6.54 Å². The molecule has 0 aliphatic carbocycles. The first-order valence-electron chi connectivity index (χ1n) is 6.61. The van der Waals surface area contributed by atoms with E-state index in [0.717, 1.165) is 15.8 Å². The van der Waals surface area contributed by atoms with Gasteiger partial charge >= 0.3 is 5.69 Å². The Labute approximate surface area is 141 Å². The lowest BCUT2D eigenvalue weighted by molar-refractivity contribution is 0.777. The topological polar surface area (TPSA) is 89.6 Å². The zero-order chi connectivity index (χ0) is 16.1. The highest BCUT2D eigenvalue weighted by molar-refractivity contribution is 9.10. The maximum Gasteiger partial charge on any atom is 0.328 e. The molecule has 2 aromatic heterocycles. The average molecular weight is 382 g/mol. The van der Waals surface area contributed by atoms with E-state index >= 15 is 0 Å². The van der Waals surface area contributed by atoms with E-state index < -0.39 is 0 Å². The molecule has 0 radical (unpaired) electrons. The summed E-state index contributed by atoms with van der Waals surface area (Å²) >= 11 is 7.16. The number of aromatic nitrogens is 4. The van der Waals surface area contributed by atoms with Gasteiger partial charge in [0.25, 0.3) is 0 Å². The molecule has 3 rings (SSSR count). The third-order valence-electron chi connectivity index (χ3n) is 2.84. The number of benzene rings is 1. The smallest absolute Gasteiger partial charge is 0.328 e. The minimum atomic E-state index is -0.245. The number of halogens is 1. The van der Waals surface area contributed by atoms with Crippen molar-refractivity contribution in [2.45, 2.75) is 13.5 Å². The molecule has 6 nitrogen and oxygen atoms in total. The van der Waals surface area contributed by atoms with Crippen LogP contribution in [-0.4, -0.2) is 25.3 Å². The molecule has 8 heteroatoms. The SMILES string of the molecule is CCS.Nc1ncnc2c1[nH]c(=O)n2Cc1ccc(Br)cc1. The maximum absolute atomic E-state index is 11.9. The molecule has 0 atom stereocenters. The van der Waals surface area contributed by atoms with Gasteiger partial charge in [-0.05, 0) is 23.4 Å². The molecule has 0 aliphatic heterocycles. The number of nitrogen functional groups attached to an aromatic ring is 1. The summed E-state index contributed by atoms with van der Waals surface area (Å²) in [6.07, 6.45) is 1.35. The first kappa shape index (κ1) is 16.6. The molecule has 116 valence electrons. The van der Waals surface area contributed by atoms with Gasteiger partial charge in [0.1, 0.15) is 11.8 Å². The van der Waals surface area contributed by atoms with Gasteiger partial charge in [-0.2, -0.15) is 12.6 Å². The predicted octanol–water partition coefficient (Wildman–Crippen LogP) is 2.45. The number of nitrogens with one attached hydrogen (secondary N) is 1. The van der Waals surface area contributed by atoms with Gasteiger partial charge in [0.05, 0.1) is 6.54 Å². The van der Waals surface area contributed by atoms with Crippen molar-refractivity contribution in [1.29, 1.82) is 0 Å². The number of nitrogens with two attached hydrogens (primary N) is 1. The summed E-state index contributed by atoms with van der Waals surface area (Å²) in [5.74, 6) is 1.22. The van der Waals surface area contributed by atoms with Gasteiger partial charge in [-0.25, -0.2) is 14.8 Å². The van der Waals surface area contributed by atoms with Gasteiger partial charge in [-0.3, -0.25) is 4.57 Å². The van der Waals surface area contributed by atoms with Crippen LogP contribution in [0.5, 0.6) is 0 Å². The minimum absolute atomic E-state index is 0.245. The Balaban J connectivity index is 0.000000545. The first-order valence-corrected chi connectivity index (χ1v) is 8.03. The van der Waals surface area contributed by atoms with E-state index in [9.17, 15) is 4.79 Å². The van der Waals surface area contributed by atoms with Crippen molar-refractivity contribution < 1.29 is 0 Å². The Morgan fingerprint density at radius 1 is 1.32 bits per heavy atom. The number of imidazole rings is 1. The molecule has 0 spiro atoms. The largest absolute Gasteiger partial charge is 0.382 e.